The Kier molecular flexibility index (Phi) is 5.67. The van der Waals surface area contributed by atoms with E-state index in [2.05, 4.69) is 40.1 Å². The topological polar surface area (TPSA) is 44.9 Å². The van der Waals surface area contributed by atoms with Gasteiger partial charge in [-0.25, -0.2) is 4.98 Å². The summed E-state index contributed by atoms with van der Waals surface area (Å²) in [5, 5.41) is 5.31. The molecule has 3 rings (SSSR count). The van der Waals surface area contributed by atoms with Crippen LogP contribution in [0.4, 0.5) is 0 Å². The molecule has 0 aliphatic carbocycles. The number of aromatic nitrogens is 4. The summed E-state index contributed by atoms with van der Waals surface area (Å²) in [7, 11) is 0. The van der Waals surface area contributed by atoms with E-state index in [0.717, 1.165) is 29.9 Å². The van der Waals surface area contributed by atoms with Gasteiger partial charge in [0.05, 0.1) is 35.5 Å². The van der Waals surface area contributed by atoms with Crippen LogP contribution in [0.15, 0.2) is 36.8 Å². The number of hydrogen-bond acceptors (Lipinski definition) is 3. The van der Waals surface area contributed by atoms with Crippen LogP contribution in [0.25, 0.3) is 11.3 Å². The minimum absolute atomic E-state index is 0.0471. The smallest absolute Gasteiger partial charge is 0.138 e. The lowest BCUT2D eigenvalue weighted by molar-refractivity contribution is 0.200. The normalized spacial score (nSPS) is 12.3. The van der Waals surface area contributed by atoms with E-state index in [-0.39, 0.29) is 6.10 Å². The van der Waals surface area contributed by atoms with Gasteiger partial charge in [0.15, 0.2) is 0 Å². The molecule has 2 heterocycles. The number of hydrogen-bond donors (Lipinski definition) is 0. The number of benzene rings is 1. The van der Waals surface area contributed by atoms with Gasteiger partial charge in [0.1, 0.15) is 11.9 Å². The second-order valence-electron chi connectivity index (χ2n) is 6.56. The second-order valence-corrected chi connectivity index (χ2v) is 6.97. The Bertz CT molecular complexity index is 884. The third-order valence-corrected chi connectivity index (χ3v) is 4.72. The average molecular weight is 373 g/mol. The van der Waals surface area contributed by atoms with Crippen molar-refractivity contribution in [3.63, 3.8) is 0 Å². The summed E-state index contributed by atoms with van der Waals surface area (Å²) in [5.74, 6) is 0.700. The molecule has 0 aliphatic heterocycles. The summed E-state index contributed by atoms with van der Waals surface area (Å²) >= 11 is 6.20. The van der Waals surface area contributed by atoms with Crippen LogP contribution < -0.4 is 4.74 Å². The minimum Gasteiger partial charge on any atom is -0.487 e. The quantitative estimate of drug-likeness (QED) is 0.592. The summed E-state index contributed by atoms with van der Waals surface area (Å²) < 4.78 is 10.2. The largest absolute Gasteiger partial charge is 0.487 e. The van der Waals surface area contributed by atoms with Crippen LogP contribution in [-0.4, -0.2) is 25.4 Å². The van der Waals surface area contributed by atoms with Crippen molar-refractivity contribution in [2.24, 2.45) is 0 Å². The molecule has 0 fully saturated rings. The fraction of sp³-hybridized carbons (Fsp3) is 0.400. The van der Waals surface area contributed by atoms with Crippen LogP contribution in [0, 0.1) is 13.8 Å². The fourth-order valence-electron chi connectivity index (χ4n) is 3.24. The third kappa shape index (κ3) is 3.78. The maximum atomic E-state index is 6.20. The number of aryl methyl sites for hydroxylation is 2. The lowest BCUT2D eigenvalue weighted by Gasteiger charge is -2.18. The van der Waals surface area contributed by atoms with Crippen LogP contribution in [-0.2, 0) is 13.1 Å². The molecule has 0 radical (unpaired) electrons. The van der Waals surface area contributed by atoms with Gasteiger partial charge in [0.25, 0.3) is 0 Å². The van der Waals surface area contributed by atoms with Crippen LogP contribution in [0.2, 0.25) is 5.02 Å². The molecule has 0 spiro atoms. The predicted molar refractivity (Wildman–Crippen MR) is 105 cm³/mol. The molecule has 6 heteroatoms. The van der Waals surface area contributed by atoms with Crippen molar-refractivity contribution in [2.45, 2.75) is 53.3 Å². The molecule has 0 amide bonds. The van der Waals surface area contributed by atoms with Gasteiger partial charge in [-0.15, -0.1) is 0 Å². The van der Waals surface area contributed by atoms with E-state index in [4.69, 9.17) is 16.3 Å². The molecule has 0 unspecified atom stereocenters. The van der Waals surface area contributed by atoms with E-state index in [9.17, 15) is 0 Å². The van der Waals surface area contributed by atoms with E-state index in [1.807, 2.05) is 43.7 Å². The highest BCUT2D eigenvalue weighted by molar-refractivity contribution is 6.32. The summed E-state index contributed by atoms with van der Waals surface area (Å²) in [6.07, 6.45) is 4.76. The SMILES string of the molecule is CCCn1nc(C)c(-c2cncn2C[C@H](C)Oc2ccccc2Cl)c1C. The number of rotatable bonds is 7. The molecule has 26 heavy (non-hydrogen) atoms. The molecule has 0 N–H and O–H groups in total. The summed E-state index contributed by atoms with van der Waals surface area (Å²) in [6.45, 7) is 9.97. The number of ether oxygens (including phenoxy) is 1. The lowest BCUT2D eigenvalue weighted by atomic mass is 10.1. The Morgan fingerprint density at radius 2 is 2.00 bits per heavy atom. The van der Waals surface area contributed by atoms with Crippen molar-refractivity contribution < 1.29 is 4.74 Å². The monoisotopic (exact) mass is 372 g/mol. The van der Waals surface area contributed by atoms with Gasteiger partial charge in [-0.05, 0) is 39.3 Å². The molecule has 1 atom stereocenters. The zero-order chi connectivity index (χ0) is 18.7. The first-order chi connectivity index (χ1) is 12.5. The molecule has 0 aliphatic rings. The van der Waals surface area contributed by atoms with Gasteiger partial charge in [-0.1, -0.05) is 30.7 Å². The van der Waals surface area contributed by atoms with E-state index >= 15 is 0 Å². The van der Waals surface area contributed by atoms with Gasteiger partial charge in [0.2, 0.25) is 0 Å². The van der Waals surface area contributed by atoms with Crippen molar-refractivity contribution in [3.05, 3.63) is 53.2 Å². The van der Waals surface area contributed by atoms with Gasteiger partial charge in [-0.2, -0.15) is 5.10 Å². The predicted octanol–water partition coefficient (Wildman–Crippen LogP) is 4.89. The Morgan fingerprint density at radius 1 is 1.23 bits per heavy atom. The van der Waals surface area contributed by atoms with Crippen LogP contribution in [0.3, 0.4) is 0 Å². The molecular weight excluding hydrogens is 348 g/mol. The maximum absolute atomic E-state index is 6.20. The first kappa shape index (κ1) is 18.5. The standard InChI is InChI=1S/C20H25ClN4O/c1-5-10-25-16(4)20(15(3)23-25)18-11-22-13-24(18)12-14(2)26-19-9-7-6-8-17(19)21/h6-9,11,13-14H,5,10,12H2,1-4H3/t14-/m0/s1. The third-order valence-electron chi connectivity index (χ3n) is 4.40. The van der Waals surface area contributed by atoms with Crippen molar-refractivity contribution in [2.75, 3.05) is 0 Å². The van der Waals surface area contributed by atoms with Gasteiger partial charge < -0.3 is 9.30 Å². The fourth-order valence-corrected chi connectivity index (χ4v) is 3.42. The maximum Gasteiger partial charge on any atom is 0.138 e. The number of halogens is 1. The molecule has 1 aromatic carbocycles. The van der Waals surface area contributed by atoms with E-state index < -0.39 is 0 Å². The lowest BCUT2D eigenvalue weighted by Crippen LogP contribution is -2.20. The first-order valence-electron chi connectivity index (χ1n) is 8.97. The molecule has 2 aromatic heterocycles. The van der Waals surface area contributed by atoms with Crippen molar-refractivity contribution >= 4 is 11.6 Å². The van der Waals surface area contributed by atoms with E-state index in [1.54, 1.807) is 0 Å². The van der Waals surface area contributed by atoms with Crippen molar-refractivity contribution in [1.82, 2.24) is 19.3 Å². The zero-order valence-electron chi connectivity index (χ0n) is 15.7. The summed E-state index contributed by atoms with van der Waals surface area (Å²) in [5.41, 5.74) is 4.42. The second kappa shape index (κ2) is 7.96. The number of imidazole rings is 1. The van der Waals surface area contributed by atoms with E-state index in [0.29, 0.717) is 17.3 Å². The summed E-state index contributed by atoms with van der Waals surface area (Å²) in [4.78, 5) is 4.36. The molecule has 0 saturated heterocycles. The molecule has 0 saturated carbocycles. The highest BCUT2D eigenvalue weighted by Crippen LogP contribution is 2.28. The molecule has 3 aromatic rings. The van der Waals surface area contributed by atoms with Gasteiger partial charge in [-0.3, -0.25) is 4.68 Å². The molecule has 0 bridgehead atoms. The van der Waals surface area contributed by atoms with Crippen LogP contribution in [0.5, 0.6) is 5.75 Å². The van der Waals surface area contributed by atoms with E-state index in [1.165, 1.54) is 5.69 Å². The Balaban J connectivity index is 1.82. The Labute approximate surface area is 159 Å². The number of nitrogens with zero attached hydrogens (tertiary/aromatic N) is 4. The first-order valence-corrected chi connectivity index (χ1v) is 9.34. The minimum atomic E-state index is -0.0471. The van der Waals surface area contributed by atoms with Gasteiger partial charge in [0, 0.05) is 17.8 Å². The highest BCUT2D eigenvalue weighted by Gasteiger charge is 2.18. The average Bonchev–Trinajstić information content (AvgIpc) is 3.14. The van der Waals surface area contributed by atoms with Crippen LogP contribution in [0.1, 0.15) is 31.7 Å². The van der Waals surface area contributed by atoms with Crippen molar-refractivity contribution in [1.29, 1.82) is 0 Å². The Hall–Kier alpha value is -2.27. The molecule has 138 valence electrons. The molecule has 5 nitrogen and oxygen atoms in total. The van der Waals surface area contributed by atoms with Crippen LogP contribution >= 0.6 is 11.6 Å². The highest BCUT2D eigenvalue weighted by atomic mass is 35.5. The molecular formula is C20H25ClN4O. The zero-order valence-corrected chi connectivity index (χ0v) is 16.5. The number of para-hydroxylation sites is 1. The Morgan fingerprint density at radius 3 is 2.73 bits per heavy atom. The van der Waals surface area contributed by atoms with Gasteiger partial charge >= 0.3 is 0 Å². The van der Waals surface area contributed by atoms with Crippen molar-refractivity contribution in [3.8, 4) is 17.0 Å². The summed E-state index contributed by atoms with van der Waals surface area (Å²) in [6, 6.07) is 7.54.